The van der Waals surface area contributed by atoms with Gasteiger partial charge in [-0.25, -0.2) is 0 Å². The minimum Gasteiger partial charge on any atom is -0.619 e. The number of rotatable bonds is 6. The van der Waals surface area contributed by atoms with Crippen molar-refractivity contribution in [3.05, 3.63) is 65.1 Å². The lowest BCUT2D eigenvalue weighted by molar-refractivity contribution is -0.605. The van der Waals surface area contributed by atoms with Crippen LogP contribution in [0.5, 0.6) is 5.75 Å². The number of hydrogen-bond acceptors (Lipinski definition) is 5. The first-order chi connectivity index (χ1) is 14.0. The van der Waals surface area contributed by atoms with Crippen molar-refractivity contribution < 1.29 is 23.8 Å². The number of pyridine rings is 1. The zero-order valence-electron chi connectivity index (χ0n) is 16.8. The second kappa shape index (κ2) is 8.94. The normalized spacial score (nSPS) is 18.9. The molecule has 2 heterocycles. The number of hydrogen-bond donors (Lipinski definition) is 0. The molecule has 0 N–H and O–H groups in total. The fraction of sp³-hybridized carbons (Fsp3) is 0.409. The van der Waals surface area contributed by atoms with Gasteiger partial charge >= 0.3 is 5.97 Å². The van der Waals surface area contributed by atoms with Crippen LogP contribution in [0.25, 0.3) is 0 Å². The summed E-state index contributed by atoms with van der Waals surface area (Å²) in [6.45, 7) is 2.84. The smallest absolute Gasteiger partial charge is 0.314 e. The summed E-state index contributed by atoms with van der Waals surface area (Å²) in [5.41, 5.74) is 0.422. The van der Waals surface area contributed by atoms with Crippen LogP contribution in [-0.2, 0) is 16.0 Å². The molecule has 1 saturated heterocycles. The molecule has 29 heavy (non-hydrogen) atoms. The van der Waals surface area contributed by atoms with Crippen molar-refractivity contribution in [2.45, 2.75) is 26.2 Å². The van der Waals surface area contributed by atoms with Gasteiger partial charge in [0.05, 0.1) is 19.1 Å². The van der Waals surface area contributed by atoms with Crippen LogP contribution < -0.4 is 9.47 Å². The predicted molar refractivity (Wildman–Crippen MR) is 106 cm³/mol. The lowest BCUT2D eigenvalue weighted by Gasteiger charge is -2.41. The zero-order chi connectivity index (χ0) is 20.9. The Labute approximate surface area is 170 Å². The quantitative estimate of drug-likeness (QED) is 0.424. The second-order valence-corrected chi connectivity index (χ2v) is 7.31. The van der Waals surface area contributed by atoms with Gasteiger partial charge in [-0.3, -0.25) is 9.59 Å². The molecule has 0 spiro atoms. The van der Waals surface area contributed by atoms with E-state index in [-0.39, 0.29) is 25.0 Å². The van der Waals surface area contributed by atoms with E-state index in [1.54, 1.807) is 31.1 Å². The van der Waals surface area contributed by atoms with Crippen molar-refractivity contribution in [1.29, 1.82) is 0 Å². The molecular weight excluding hydrogens is 372 g/mol. The third-order valence-corrected chi connectivity index (χ3v) is 5.27. The molecule has 1 aromatic carbocycles. The van der Waals surface area contributed by atoms with Gasteiger partial charge < -0.3 is 19.6 Å². The molecule has 1 atom stereocenters. The van der Waals surface area contributed by atoms with Crippen LogP contribution in [0.2, 0.25) is 0 Å². The van der Waals surface area contributed by atoms with E-state index in [1.807, 2.05) is 24.3 Å². The molecule has 0 radical (unpaired) electrons. The number of esters is 1. The highest BCUT2D eigenvalue weighted by Crippen LogP contribution is 2.36. The van der Waals surface area contributed by atoms with Gasteiger partial charge in [0.25, 0.3) is 5.91 Å². The topological polar surface area (TPSA) is 82.8 Å². The Kier molecular flexibility index (Phi) is 6.36. The number of carbonyl (C=O) groups is 2. The van der Waals surface area contributed by atoms with E-state index >= 15 is 0 Å². The highest BCUT2D eigenvalue weighted by molar-refractivity contribution is 5.94. The predicted octanol–water partition coefficient (Wildman–Crippen LogP) is 2.36. The van der Waals surface area contributed by atoms with E-state index in [4.69, 9.17) is 9.47 Å². The first-order valence-electron chi connectivity index (χ1n) is 9.76. The maximum absolute atomic E-state index is 13.0. The molecule has 0 saturated carbocycles. The van der Waals surface area contributed by atoms with Gasteiger partial charge in [0.1, 0.15) is 11.3 Å². The first kappa shape index (κ1) is 20.6. The summed E-state index contributed by atoms with van der Waals surface area (Å²) in [7, 11) is 1.60. The molecule has 7 nitrogen and oxygen atoms in total. The van der Waals surface area contributed by atoms with Crippen LogP contribution in [0.4, 0.5) is 0 Å². The Morgan fingerprint density at radius 3 is 2.83 bits per heavy atom. The monoisotopic (exact) mass is 398 g/mol. The molecule has 3 rings (SSSR count). The van der Waals surface area contributed by atoms with Gasteiger partial charge in [0.2, 0.25) is 0 Å². The summed E-state index contributed by atoms with van der Waals surface area (Å²) in [5, 5.41) is 11.6. The molecule has 1 unspecified atom stereocenters. The molecular formula is C22H26N2O5. The maximum atomic E-state index is 13.0. The minimum atomic E-state index is -0.835. The Bertz CT molecular complexity index is 885. The highest BCUT2D eigenvalue weighted by Gasteiger charge is 2.45. The van der Waals surface area contributed by atoms with Crippen molar-refractivity contribution in [3.63, 3.8) is 0 Å². The van der Waals surface area contributed by atoms with Crippen molar-refractivity contribution in [1.82, 2.24) is 4.90 Å². The summed E-state index contributed by atoms with van der Waals surface area (Å²) in [6, 6.07) is 10.7. The molecule has 1 aromatic heterocycles. The highest BCUT2D eigenvalue weighted by atomic mass is 16.5. The minimum absolute atomic E-state index is 0.246. The number of amides is 1. The fourth-order valence-corrected chi connectivity index (χ4v) is 3.91. The van der Waals surface area contributed by atoms with E-state index in [0.29, 0.717) is 36.1 Å². The van der Waals surface area contributed by atoms with Crippen LogP contribution in [0.15, 0.2) is 48.8 Å². The van der Waals surface area contributed by atoms with Gasteiger partial charge in [0.15, 0.2) is 12.4 Å². The Hall–Kier alpha value is -3.09. The van der Waals surface area contributed by atoms with Crippen LogP contribution in [0, 0.1) is 10.6 Å². The number of benzene rings is 1. The van der Waals surface area contributed by atoms with E-state index in [0.717, 1.165) is 11.3 Å². The van der Waals surface area contributed by atoms with Gasteiger partial charge in [-0.05, 0) is 49.9 Å². The third-order valence-electron chi connectivity index (χ3n) is 5.27. The van der Waals surface area contributed by atoms with Gasteiger partial charge in [-0.2, -0.15) is 4.73 Å². The van der Waals surface area contributed by atoms with Crippen molar-refractivity contribution in [2.75, 3.05) is 26.8 Å². The SMILES string of the molecule is CCOC(=O)C1(Cc2cccc(OC)c2)CCCN(C(=O)c2ccc[n+]([O-])c2)C1. The average Bonchev–Trinajstić information content (AvgIpc) is 2.73. The molecule has 1 aliphatic rings. The molecule has 2 aromatic rings. The third kappa shape index (κ3) is 4.67. The van der Waals surface area contributed by atoms with Crippen LogP contribution in [0.3, 0.4) is 0 Å². The van der Waals surface area contributed by atoms with E-state index in [9.17, 15) is 14.8 Å². The Balaban J connectivity index is 1.89. The summed E-state index contributed by atoms with van der Waals surface area (Å²) in [6.07, 6.45) is 4.34. The molecule has 0 aliphatic carbocycles. The van der Waals surface area contributed by atoms with Crippen molar-refractivity contribution in [2.24, 2.45) is 5.41 Å². The average molecular weight is 398 g/mol. The first-order valence-corrected chi connectivity index (χ1v) is 9.76. The van der Waals surface area contributed by atoms with Crippen LogP contribution in [-0.4, -0.2) is 43.6 Å². The standard InChI is InChI=1S/C22H26N2O5/c1-3-29-21(26)22(14-17-7-4-9-19(13-17)28-2)10-6-11-23(16-22)20(25)18-8-5-12-24(27)15-18/h4-5,7-9,12-13,15H,3,6,10-11,14,16H2,1-2H3. The van der Waals surface area contributed by atoms with Gasteiger partial charge in [-0.15, -0.1) is 0 Å². The largest absolute Gasteiger partial charge is 0.619 e. The zero-order valence-corrected chi connectivity index (χ0v) is 16.8. The number of piperidine rings is 1. The Morgan fingerprint density at radius 2 is 2.10 bits per heavy atom. The molecule has 7 heteroatoms. The molecule has 154 valence electrons. The van der Waals surface area contributed by atoms with E-state index < -0.39 is 5.41 Å². The number of aromatic nitrogens is 1. The number of ether oxygens (including phenoxy) is 2. The molecule has 0 bridgehead atoms. The molecule has 1 aliphatic heterocycles. The summed E-state index contributed by atoms with van der Waals surface area (Å²) in [4.78, 5) is 27.6. The number of methoxy groups -OCH3 is 1. The maximum Gasteiger partial charge on any atom is 0.314 e. The van der Waals surface area contributed by atoms with Crippen molar-refractivity contribution in [3.8, 4) is 5.75 Å². The lowest BCUT2D eigenvalue weighted by Crippen LogP contribution is -2.51. The summed E-state index contributed by atoms with van der Waals surface area (Å²) in [5.74, 6) is 0.163. The van der Waals surface area contributed by atoms with Crippen molar-refractivity contribution >= 4 is 11.9 Å². The van der Waals surface area contributed by atoms with E-state index in [1.165, 1.54) is 12.4 Å². The second-order valence-electron chi connectivity index (χ2n) is 7.31. The fourth-order valence-electron chi connectivity index (χ4n) is 3.91. The Morgan fingerprint density at radius 1 is 1.28 bits per heavy atom. The van der Waals surface area contributed by atoms with Gasteiger partial charge in [-0.1, -0.05) is 12.1 Å². The van der Waals surface area contributed by atoms with E-state index in [2.05, 4.69) is 0 Å². The lowest BCUT2D eigenvalue weighted by atomic mass is 9.75. The number of likely N-dealkylation sites (tertiary alicyclic amines) is 1. The van der Waals surface area contributed by atoms with Crippen LogP contribution in [0.1, 0.15) is 35.7 Å². The number of nitrogens with zero attached hydrogens (tertiary/aromatic N) is 2. The number of carbonyl (C=O) groups excluding carboxylic acids is 2. The van der Waals surface area contributed by atoms with Gasteiger partial charge in [0, 0.05) is 19.2 Å². The molecule has 1 fully saturated rings. The molecule has 1 amide bonds. The summed E-state index contributed by atoms with van der Waals surface area (Å²) < 4.78 is 11.3. The summed E-state index contributed by atoms with van der Waals surface area (Å²) >= 11 is 0. The van der Waals surface area contributed by atoms with Crippen LogP contribution >= 0.6 is 0 Å².